The molecule has 0 aromatic carbocycles. The van der Waals surface area contributed by atoms with Gasteiger partial charge in [0, 0.05) is 0 Å². The minimum absolute atomic E-state index is 0. The Hall–Kier alpha value is 4.23. The molecule has 0 rings (SSSR count). The van der Waals surface area contributed by atoms with Crippen molar-refractivity contribution in [1.29, 1.82) is 0 Å². The van der Waals surface area contributed by atoms with Gasteiger partial charge in [-0.15, -0.1) is 0 Å². The summed E-state index contributed by atoms with van der Waals surface area (Å²) < 4.78 is 0. The maximum atomic E-state index is 0. The first kappa shape index (κ1) is 24.0. The van der Waals surface area contributed by atoms with Gasteiger partial charge in [0.1, 0.15) is 0 Å². The van der Waals surface area contributed by atoms with Crippen molar-refractivity contribution in [2.75, 3.05) is 0 Å². The maximum Gasteiger partial charge on any atom is 1.00 e. The molecule has 0 bridgehead atoms. The average Bonchev–Trinajstić information content (AvgIpc) is 0. The summed E-state index contributed by atoms with van der Waals surface area (Å²) in [5, 5.41) is 0. The van der Waals surface area contributed by atoms with E-state index >= 15 is 0 Å². The van der Waals surface area contributed by atoms with Gasteiger partial charge < -0.3 is 34.0 Å². The Morgan fingerprint density at radius 3 is 0.500 bits per heavy atom. The van der Waals surface area contributed by atoms with E-state index in [0.29, 0.717) is 0 Å². The topological polar surface area (TPSA) is 0 Å². The Morgan fingerprint density at radius 2 is 0.500 bits per heavy atom. The molecule has 0 aromatic heterocycles. The molecular formula is Br2K2. The first-order valence-electron chi connectivity index (χ1n) is 0. The van der Waals surface area contributed by atoms with Crippen LogP contribution in [0.3, 0.4) is 0 Å². The van der Waals surface area contributed by atoms with Gasteiger partial charge in [-0.1, -0.05) is 0 Å². The smallest absolute Gasteiger partial charge is 1.00 e. The van der Waals surface area contributed by atoms with Crippen LogP contribution in [-0.4, -0.2) is 0 Å². The summed E-state index contributed by atoms with van der Waals surface area (Å²) in [5.41, 5.74) is 0. The normalized spacial score (nSPS) is 0. The standard InChI is InChI=1S/2BrH.2K/h2*1H;;/q;;2*+1/p-2. The molecule has 0 unspecified atom stereocenters. The van der Waals surface area contributed by atoms with Crippen LogP contribution in [0.1, 0.15) is 0 Å². The Bertz CT molecular complexity index is 4.00. The zero-order chi connectivity index (χ0) is 0. The molecule has 16 valence electrons. The van der Waals surface area contributed by atoms with Crippen LogP contribution < -0.4 is 137 Å². The molecule has 0 aromatic rings. The van der Waals surface area contributed by atoms with E-state index in [9.17, 15) is 0 Å². The van der Waals surface area contributed by atoms with Gasteiger partial charge in [-0.25, -0.2) is 0 Å². The van der Waals surface area contributed by atoms with E-state index < -0.39 is 0 Å². The van der Waals surface area contributed by atoms with Crippen molar-refractivity contribution in [1.82, 2.24) is 0 Å². The van der Waals surface area contributed by atoms with Gasteiger partial charge in [-0.3, -0.25) is 0 Å². The van der Waals surface area contributed by atoms with Gasteiger partial charge in [-0.05, 0) is 0 Å². The molecule has 0 fully saturated rings. The Morgan fingerprint density at radius 1 is 0.500 bits per heavy atom. The van der Waals surface area contributed by atoms with E-state index in [2.05, 4.69) is 0 Å². The van der Waals surface area contributed by atoms with Crippen molar-refractivity contribution >= 4 is 0 Å². The fourth-order valence-electron chi connectivity index (χ4n) is 0. The zero-order valence-corrected chi connectivity index (χ0v) is 12.2. The molecule has 0 saturated heterocycles. The second-order valence-corrected chi connectivity index (χ2v) is 0. The van der Waals surface area contributed by atoms with Gasteiger partial charge in [0.15, 0.2) is 0 Å². The molecule has 0 amide bonds. The number of hydrogen-bond acceptors (Lipinski definition) is 0. The van der Waals surface area contributed by atoms with Crippen LogP contribution in [0.25, 0.3) is 0 Å². The monoisotopic (exact) mass is 236 g/mol. The summed E-state index contributed by atoms with van der Waals surface area (Å²) in [6.07, 6.45) is 0. The molecule has 0 aliphatic carbocycles. The zero-order valence-electron chi connectivity index (χ0n) is 2.76. The van der Waals surface area contributed by atoms with E-state index in [4.69, 9.17) is 0 Å². The maximum absolute atomic E-state index is 0. The predicted octanol–water partition coefficient (Wildman–Crippen LogP) is -12.0. The molecule has 4 heavy (non-hydrogen) atoms. The van der Waals surface area contributed by atoms with Gasteiger partial charge in [0.25, 0.3) is 0 Å². The molecule has 0 heterocycles. The van der Waals surface area contributed by atoms with Crippen LogP contribution in [0.4, 0.5) is 0 Å². The molecule has 0 atom stereocenters. The van der Waals surface area contributed by atoms with Crippen LogP contribution in [0.2, 0.25) is 0 Å². The van der Waals surface area contributed by atoms with Crippen LogP contribution in [-0.2, 0) is 0 Å². The summed E-state index contributed by atoms with van der Waals surface area (Å²) in [6.45, 7) is 0. The number of halogens is 2. The Labute approximate surface area is 132 Å². The van der Waals surface area contributed by atoms with Crippen molar-refractivity contribution in [3.63, 3.8) is 0 Å². The second-order valence-electron chi connectivity index (χ2n) is 0. The molecule has 0 nitrogen and oxygen atoms in total. The summed E-state index contributed by atoms with van der Waals surface area (Å²) >= 11 is 0. The third kappa shape index (κ3) is 9.53. The minimum Gasteiger partial charge on any atom is -1.00 e. The summed E-state index contributed by atoms with van der Waals surface area (Å²) in [4.78, 5) is 0. The molecule has 0 radical (unpaired) electrons. The van der Waals surface area contributed by atoms with Crippen molar-refractivity contribution in [2.45, 2.75) is 0 Å². The van der Waals surface area contributed by atoms with E-state index in [-0.39, 0.29) is 137 Å². The fraction of sp³-hybridized carbons (Fsp3) is 0. The quantitative estimate of drug-likeness (QED) is 0.368. The Kier molecular flexibility index (Phi) is 94.2. The molecule has 4 heteroatoms. The van der Waals surface area contributed by atoms with Gasteiger partial charge >= 0.3 is 103 Å². The SMILES string of the molecule is [Br-].[Br-].[K+].[K+]. The third-order valence-electron chi connectivity index (χ3n) is 0. The first-order chi connectivity index (χ1) is 0. The van der Waals surface area contributed by atoms with Gasteiger partial charge in [0.05, 0.1) is 0 Å². The van der Waals surface area contributed by atoms with Crippen molar-refractivity contribution in [2.24, 2.45) is 0 Å². The van der Waals surface area contributed by atoms with Crippen LogP contribution in [0.15, 0.2) is 0 Å². The molecule has 0 aliphatic heterocycles. The molecule has 0 aliphatic rings. The summed E-state index contributed by atoms with van der Waals surface area (Å²) in [5.74, 6) is 0. The number of hydrogen-bond donors (Lipinski definition) is 0. The van der Waals surface area contributed by atoms with E-state index in [1.807, 2.05) is 0 Å². The predicted molar refractivity (Wildman–Crippen MR) is 0 cm³/mol. The molecule has 0 spiro atoms. The summed E-state index contributed by atoms with van der Waals surface area (Å²) in [7, 11) is 0. The minimum atomic E-state index is 0. The van der Waals surface area contributed by atoms with E-state index in [1.54, 1.807) is 0 Å². The third-order valence-corrected chi connectivity index (χ3v) is 0. The van der Waals surface area contributed by atoms with Crippen LogP contribution >= 0.6 is 0 Å². The van der Waals surface area contributed by atoms with Crippen molar-refractivity contribution < 1.29 is 137 Å². The Balaban J connectivity index is 0. The molecular weight excluding hydrogens is 238 g/mol. The summed E-state index contributed by atoms with van der Waals surface area (Å²) in [6, 6.07) is 0. The molecule has 0 N–H and O–H groups in total. The first-order valence-corrected chi connectivity index (χ1v) is 0. The fourth-order valence-corrected chi connectivity index (χ4v) is 0. The van der Waals surface area contributed by atoms with Crippen LogP contribution in [0.5, 0.6) is 0 Å². The van der Waals surface area contributed by atoms with Crippen molar-refractivity contribution in [3.8, 4) is 0 Å². The van der Waals surface area contributed by atoms with E-state index in [1.165, 1.54) is 0 Å². The van der Waals surface area contributed by atoms with Crippen LogP contribution in [0, 0.1) is 0 Å². The second kappa shape index (κ2) is 15.7. The molecule has 0 saturated carbocycles. The van der Waals surface area contributed by atoms with Gasteiger partial charge in [-0.2, -0.15) is 0 Å². The largest absolute Gasteiger partial charge is 1.00 e. The number of rotatable bonds is 0. The average molecular weight is 238 g/mol. The van der Waals surface area contributed by atoms with Crippen molar-refractivity contribution in [3.05, 3.63) is 0 Å². The van der Waals surface area contributed by atoms with E-state index in [0.717, 1.165) is 0 Å². The van der Waals surface area contributed by atoms with Gasteiger partial charge in [0.2, 0.25) is 0 Å².